The number of benzene rings is 2. The number of hydrogen-bond acceptors (Lipinski definition) is 5. The second-order valence-corrected chi connectivity index (χ2v) is 10.5. The average molecular weight is 495 g/mol. The molecule has 8 heteroatoms. The SMILES string of the molecule is CC(C)(C)OC(=O)N[C@H]1CCC[C@H](N(CC(=O)O)C(=O)OCC2c3ccccc3-c3ccccc32)C1. The number of ether oxygens (including phenoxy) is 2. The first-order valence-electron chi connectivity index (χ1n) is 12.5. The quantitative estimate of drug-likeness (QED) is 0.575. The van der Waals surface area contributed by atoms with Gasteiger partial charge in [-0.25, -0.2) is 9.59 Å². The highest BCUT2D eigenvalue weighted by Gasteiger charge is 2.35. The molecule has 2 atom stereocenters. The molecular weight excluding hydrogens is 460 g/mol. The van der Waals surface area contributed by atoms with E-state index in [0.717, 1.165) is 35.1 Å². The normalized spacial score (nSPS) is 19.1. The first-order valence-corrected chi connectivity index (χ1v) is 12.5. The number of fused-ring (bicyclic) bond motifs is 3. The molecule has 0 unspecified atom stereocenters. The third kappa shape index (κ3) is 5.98. The predicted octanol–water partition coefficient (Wildman–Crippen LogP) is 5.16. The lowest BCUT2D eigenvalue weighted by Crippen LogP contribution is -2.50. The fraction of sp³-hybridized carbons (Fsp3) is 0.464. The first-order chi connectivity index (χ1) is 17.1. The van der Waals surface area contributed by atoms with Crippen LogP contribution in [0.3, 0.4) is 0 Å². The smallest absolute Gasteiger partial charge is 0.410 e. The summed E-state index contributed by atoms with van der Waals surface area (Å²) in [6.45, 7) is 5.04. The number of hydrogen-bond donors (Lipinski definition) is 2. The average Bonchev–Trinajstić information content (AvgIpc) is 3.13. The van der Waals surface area contributed by atoms with Crippen LogP contribution in [-0.4, -0.2) is 59.0 Å². The summed E-state index contributed by atoms with van der Waals surface area (Å²) in [5.41, 5.74) is 3.82. The van der Waals surface area contributed by atoms with Gasteiger partial charge in [0.05, 0.1) is 0 Å². The van der Waals surface area contributed by atoms with Crippen LogP contribution in [-0.2, 0) is 14.3 Å². The van der Waals surface area contributed by atoms with Crippen LogP contribution >= 0.6 is 0 Å². The van der Waals surface area contributed by atoms with Crippen LogP contribution in [0.1, 0.15) is 63.5 Å². The lowest BCUT2D eigenvalue weighted by Gasteiger charge is -2.36. The zero-order valence-electron chi connectivity index (χ0n) is 21.0. The van der Waals surface area contributed by atoms with Crippen molar-refractivity contribution in [3.05, 3.63) is 59.7 Å². The third-order valence-electron chi connectivity index (χ3n) is 6.68. The van der Waals surface area contributed by atoms with E-state index in [2.05, 4.69) is 17.4 Å². The van der Waals surface area contributed by atoms with E-state index in [1.807, 2.05) is 36.4 Å². The molecule has 2 aliphatic carbocycles. The number of carboxylic acids is 1. The van der Waals surface area contributed by atoms with Gasteiger partial charge in [0.25, 0.3) is 0 Å². The summed E-state index contributed by atoms with van der Waals surface area (Å²) in [6.07, 6.45) is 1.40. The number of aliphatic carboxylic acids is 1. The molecule has 0 spiro atoms. The predicted molar refractivity (Wildman–Crippen MR) is 135 cm³/mol. The highest BCUT2D eigenvalue weighted by atomic mass is 16.6. The van der Waals surface area contributed by atoms with Gasteiger partial charge in [0, 0.05) is 18.0 Å². The Hall–Kier alpha value is -3.55. The van der Waals surface area contributed by atoms with Crippen molar-refractivity contribution in [3.8, 4) is 11.1 Å². The molecule has 0 radical (unpaired) electrons. The number of amides is 2. The highest BCUT2D eigenvalue weighted by Crippen LogP contribution is 2.44. The number of carbonyl (C=O) groups is 3. The van der Waals surface area contributed by atoms with E-state index >= 15 is 0 Å². The fourth-order valence-electron chi connectivity index (χ4n) is 5.22. The first kappa shape index (κ1) is 25.5. The van der Waals surface area contributed by atoms with Crippen molar-refractivity contribution in [2.75, 3.05) is 13.2 Å². The molecule has 2 aromatic rings. The van der Waals surface area contributed by atoms with E-state index in [1.54, 1.807) is 20.8 Å². The Labute approximate surface area is 211 Å². The maximum absolute atomic E-state index is 13.2. The molecule has 192 valence electrons. The summed E-state index contributed by atoms with van der Waals surface area (Å²) >= 11 is 0. The van der Waals surface area contributed by atoms with Gasteiger partial charge in [-0.15, -0.1) is 0 Å². The van der Waals surface area contributed by atoms with Gasteiger partial charge < -0.3 is 19.9 Å². The Bertz CT molecular complexity index is 1080. The van der Waals surface area contributed by atoms with Gasteiger partial charge in [-0.3, -0.25) is 9.69 Å². The molecule has 0 aromatic heterocycles. The molecule has 0 saturated heterocycles. The Morgan fingerprint density at radius 1 is 1.00 bits per heavy atom. The zero-order chi connectivity index (χ0) is 25.9. The standard InChI is InChI=1S/C28H34N2O6/c1-28(2,3)36-26(33)29-18-9-8-10-19(15-18)30(16-25(31)32)27(34)35-17-24-22-13-6-4-11-20(22)21-12-5-7-14-23(21)24/h4-7,11-14,18-19,24H,8-10,15-17H2,1-3H3,(H,29,33)(H,31,32)/t18-,19-/m0/s1. The summed E-state index contributed by atoms with van der Waals surface area (Å²) in [5, 5.41) is 12.4. The maximum Gasteiger partial charge on any atom is 0.410 e. The van der Waals surface area contributed by atoms with Crippen molar-refractivity contribution < 1.29 is 29.0 Å². The minimum absolute atomic E-state index is 0.110. The number of carbonyl (C=O) groups excluding carboxylic acids is 2. The van der Waals surface area contributed by atoms with Crippen molar-refractivity contribution in [2.45, 2.75) is 70.1 Å². The van der Waals surface area contributed by atoms with E-state index in [0.29, 0.717) is 12.8 Å². The molecule has 0 bridgehead atoms. The second kappa shape index (κ2) is 10.6. The molecule has 0 aliphatic heterocycles. The number of nitrogens with one attached hydrogen (secondary N) is 1. The summed E-state index contributed by atoms with van der Waals surface area (Å²) in [5.74, 6) is -1.22. The lowest BCUT2D eigenvalue weighted by molar-refractivity contribution is -0.138. The van der Waals surface area contributed by atoms with Gasteiger partial charge in [0.2, 0.25) is 0 Å². The maximum atomic E-state index is 13.2. The number of rotatable bonds is 6. The minimum Gasteiger partial charge on any atom is -0.480 e. The van der Waals surface area contributed by atoms with Crippen molar-refractivity contribution in [3.63, 3.8) is 0 Å². The van der Waals surface area contributed by atoms with Gasteiger partial charge in [-0.1, -0.05) is 48.5 Å². The van der Waals surface area contributed by atoms with Gasteiger partial charge in [-0.2, -0.15) is 0 Å². The van der Waals surface area contributed by atoms with Crippen LogP contribution in [0.5, 0.6) is 0 Å². The molecule has 2 aliphatic rings. The number of carboxylic acid groups (broad SMARTS) is 1. The van der Waals surface area contributed by atoms with Crippen LogP contribution in [0.4, 0.5) is 9.59 Å². The van der Waals surface area contributed by atoms with Gasteiger partial charge in [0.15, 0.2) is 0 Å². The highest BCUT2D eigenvalue weighted by molar-refractivity contribution is 5.80. The van der Waals surface area contributed by atoms with Crippen LogP contribution < -0.4 is 5.32 Å². The van der Waals surface area contributed by atoms with E-state index < -0.39 is 30.3 Å². The third-order valence-corrected chi connectivity index (χ3v) is 6.68. The van der Waals surface area contributed by atoms with Gasteiger partial charge in [0.1, 0.15) is 18.8 Å². The Morgan fingerprint density at radius 3 is 2.19 bits per heavy atom. The Morgan fingerprint density at radius 2 is 1.61 bits per heavy atom. The molecular formula is C28H34N2O6. The second-order valence-electron chi connectivity index (χ2n) is 10.5. The molecule has 2 amide bonds. The van der Waals surface area contributed by atoms with Crippen LogP contribution in [0.15, 0.2) is 48.5 Å². The molecule has 4 rings (SSSR count). The largest absolute Gasteiger partial charge is 0.480 e. The monoisotopic (exact) mass is 494 g/mol. The number of nitrogens with zero attached hydrogens (tertiary/aromatic N) is 1. The van der Waals surface area contributed by atoms with Crippen LogP contribution in [0, 0.1) is 0 Å². The van der Waals surface area contributed by atoms with Gasteiger partial charge >= 0.3 is 18.2 Å². The topological polar surface area (TPSA) is 105 Å². The summed E-state index contributed by atoms with van der Waals surface area (Å²) in [7, 11) is 0. The van der Waals surface area contributed by atoms with E-state index in [-0.39, 0.29) is 24.6 Å². The molecule has 2 N–H and O–H groups in total. The molecule has 2 aromatic carbocycles. The lowest BCUT2D eigenvalue weighted by atomic mass is 9.90. The molecule has 8 nitrogen and oxygen atoms in total. The van der Waals surface area contributed by atoms with E-state index in [4.69, 9.17) is 9.47 Å². The van der Waals surface area contributed by atoms with Crippen molar-refractivity contribution >= 4 is 18.2 Å². The molecule has 36 heavy (non-hydrogen) atoms. The Kier molecular flexibility index (Phi) is 7.52. The molecule has 0 heterocycles. The van der Waals surface area contributed by atoms with Gasteiger partial charge in [-0.05, 0) is 68.7 Å². The van der Waals surface area contributed by atoms with Crippen molar-refractivity contribution in [1.82, 2.24) is 10.2 Å². The minimum atomic E-state index is -1.11. The fourth-order valence-corrected chi connectivity index (χ4v) is 5.22. The zero-order valence-corrected chi connectivity index (χ0v) is 21.0. The van der Waals surface area contributed by atoms with Crippen LogP contribution in [0.2, 0.25) is 0 Å². The van der Waals surface area contributed by atoms with E-state index in [9.17, 15) is 19.5 Å². The number of alkyl carbamates (subject to hydrolysis) is 1. The summed E-state index contributed by atoms with van der Waals surface area (Å²) < 4.78 is 11.1. The summed E-state index contributed by atoms with van der Waals surface area (Å²) in [4.78, 5) is 38.3. The molecule has 1 saturated carbocycles. The summed E-state index contributed by atoms with van der Waals surface area (Å²) in [6, 6.07) is 15.5. The Balaban J connectivity index is 1.44. The van der Waals surface area contributed by atoms with E-state index in [1.165, 1.54) is 4.90 Å². The van der Waals surface area contributed by atoms with Crippen molar-refractivity contribution in [2.24, 2.45) is 0 Å². The van der Waals surface area contributed by atoms with Crippen LogP contribution in [0.25, 0.3) is 11.1 Å². The molecule has 1 fully saturated rings. The van der Waals surface area contributed by atoms with Crippen molar-refractivity contribution in [1.29, 1.82) is 0 Å².